The first-order valence-corrected chi connectivity index (χ1v) is 8.88. The number of anilines is 2. The summed E-state index contributed by atoms with van der Waals surface area (Å²) in [6.07, 6.45) is 3.66. The summed E-state index contributed by atoms with van der Waals surface area (Å²) < 4.78 is 27.3. The van der Waals surface area contributed by atoms with Gasteiger partial charge < -0.3 is 11.1 Å². The van der Waals surface area contributed by atoms with Crippen molar-refractivity contribution in [3.05, 3.63) is 0 Å². The topological polar surface area (TPSA) is 88.3 Å². The van der Waals surface area contributed by atoms with Crippen molar-refractivity contribution in [3.8, 4) is 0 Å². The van der Waals surface area contributed by atoms with Crippen LogP contribution in [0.5, 0.6) is 0 Å². The smallest absolute Gasteiger partial charge is 0.182 e. The molecule has 1 aromatic heterocycles. The minimum atomic E-state index is -3.35. The lowest BCUT2D eigenvalue weighted by atomic mass is 10.3. The molecule has 1 unspecified atom stereocenters. The summed E-state index contributed by atoms with van der Waals surface area (Å²) in [6.45, 7) is 2.80. The van der Waals surface area contributed by atoms with Crippen LogP contribution in [-0.2, 0) is 9.84 Å². The highest BCUT2D eigenvalue weighted by atomic mass is 32.2. The summed E-state index contributed by atoms with van der Waals surface area (Å²) in [5.74, 6) is 0.0817. The Balaban J connectivity index is 2.03. The van der Waals surface area contributed by atoms with Gasteiger partial charge in [0.1, 0.15) is 9.90 Å². The second-order valence-electron chi connectivity index (χ2n) is 5.12. The van der Waals surface area contributed by atoms with E-state index in [2.05, 4.69) is 28.6 Å². The molecule has 1 saturated carbocycles. The van der Waals surface area contributed by atoms with Crippen LogP contribution in [0.2, 0.25) is 0 Å². The Labute approximate surface area is 118 Å². The largest absolute Gasteiger partial charge is 0.382 e. The van der Waals surface area contributed by atoms with Crippen LogP contribution in [0.15, 0.2) is 4.90 Å². The van der Waals surface area contributed by atoms with Crippen molar-refractivity contribution in [1.29, 1.82) is 0 Å². The van der Waals surface area contributed by atoms with Crippen LogP contribution in [0.25, 0.3) is 0 Å². The van der Waals surface area contributed by atoms with Crippen molar-refractivity contribution in [1.82, 2.24) is 9.27 Å². The highest BCUT2D eigenvalue weighted by Crippen LogP contribution is 2.32. The number of hydrogen-bond donors (Lipinski definition) is 2. The number of sulfone groups is 1. The Morgan fingerprint density at radius 3 is 2.74 bits per heavy atom. The SMILES string of the molecule is CC(CNc1snc(N)c1S(C)(=O)=O)N(C)C1CC1. The monoisotopic (exact) mass is 304 g/mol. The van der Waals surface area contributed by atoms with Crippen molar-refractivity contribution in [2.24, 2.45) is 0 Å². The van der Waals surface area contributed by atoms with E-state index >= 15 is 0 Å². The second kappa shape index (κ2) is 5.26. The fourth-order valence-electron chi connectivity index (χ4n) is 1.99. The lowest BCUT2D eigenvalue weighted by molar-refractivity contribution is 0.257. The molecule has 1 heterocycles. The van der Waals surface area contributed by atoms with Gasteiger partial charge in [0.05, 0.1) is 0 Å². The minimum Gasteiger partial charge on any atom is -0.382 e. The maximum Gasteiger partial charge on any atom is 0.182 e. The van der Waals surface area contributed by atoms with E-state index in [9.17, 15) is 8.42 Å². The minimum absolute atomic E-state index is 0.0817. The normalized spacial score (nSPS) is 17.7. The number of aromatic nitrogens is 1. The van der Waals surface area contributed by atoms with Gasteiger partial charge in [-0.25, -0.2) is 8.42 Å². The first-order chi connectivity index (χ1) is 8.80. The molecule has 8 heteroatoms. The number of nitrogens with two attached hydrogens (primary N) is 1. The first kappa shape index (κ1) is 14.5. The average Bonchev–Trinajstić information content (AvgIpc) is 3.07. The Morgan fingerprint density at radius 1 is 1.58 bits per heavy atom. The van der Waals surface area contributed by atoms with Gasteiger partial charge in [-0.15, -0.1) is 0 Å². The quantitative estimate of drug-likeness (QED) is 0.816. The molecular weight excluding hydrogens is 284 g/mol. The summed E-state index contributed by atoms with van der Waals surface area (Å²) in [4.78, 5) is 2.44. The molecule has 1 aliphatic rings. The van der Waals surface area contributed by atoms with E-state index in [0.717, 1.165) is 17.8 Å². The Hall–Kier alpha value is -0.860. The molecule has 0 radical (unpaired) electrons. The van der Waals surface area contributed by atoms with E-state index in [1.165, 1.54) is 12.8 Å². The molecule has 108 valence electrons. The van der Waals surface area contributed by atoms with E-state index in [4.69, 9.17) is 5.73 Å². The number of nitrogen functional groups attached to an aromatic ring is 1. The van der Waals surface area contributed by atoms with Crippen LogP contribution in [-0.4, -0.2) is 49.6 Å². The molecule has 1 fully saturated rings. The lowest BCUT2D eigenvalue weighted by Crippen LogP contribution is -2.36. The molecule has 0 spiro atoms. The van der Waals surface area contributed by atoms with Crippen molar-refractivity contribution >= 4 is 32.2 Å². The van der Waals surface area contributed by atoms with Gasteiger partial charge in [0, 0.05) is 24.9 Å². The highest BCUT2D eigenvalue weighted by Gasteiger charge is 2.29. The maximum absolute atomic E-state index is 11.7. The zero-order chi connectivity index (χ0) is 14.2. The third-order valence-corrected chi connectivity index (χ3v) is 5.52. The van der Waals surface area contributed by atoms with Crippen LogP contribution >= 0.6 is 11.5 Å². The third kappa shape index (κ3) is 3.37. The molecule has 0 amide bonds. The molecule has 2 rings (SSSR count). The summed E-state index contributed by atoms with van der Waals surface area (Å²) in [6, 6.07) is 1.01. The van der Waals surface area contributed by atoms with Gasteiger partial charge in [0.15, 0.2) is 15.7 Å². The van der Waals surface area contributed by atoms with Crippen LogP contribution in [0.4, 0.5) is 10.8 Å². The molecule has 0 aliphatic heterocycles. The Bertz CT molecular complexity index is 551. The second-order valence-corrected chi connectivity index (χ2v) is 7.85. The van der Waals surface area contributed by atoms with Crippen LogP contribution in [0.3, 0.4) is 0 Å². The molecule has 1 aliphatic carbocycles. The summed E-state index contributed by atoms with van der Waals surface area (Å²) >= 11 is 1.10. The number of likely N-dealkylation sites (N-methyl/N-ethyl adjacent to an activating group) is 1. The summed E-state index contributed by atoms with van der Waals surface area (Å²) in [7, 11) is -1.25. The van der Waals surface area contributed by atoms with E-state index in [0.29, 0.717) is 23.6 Å². The van der Waals surface area contributed by atoms with Crippen molar-refractivity contribution in [2.75, 3.05) is 30.9 Å². The zero-order valence-corrected chi connectivity index (χ0v) is 13.0. The maximum atomic E-state index is 11.7. The number of hydrogen-bond acceptors (Lipinski definition) is 7. The molecule has 0 saturated heterocycles. The van der Waals surface area contributed by atoms with Crippen molar-refractivity contribution < 1.29 is 8.42 Å². The van der Waals surface area contributed by atoms with Crippen LogP contribution < -0.4 is 11.1 Å². The molecule has 6 nitrogen and oxygen atoms in total. The van der Waals surface area contributed by atoms with Gasteiger partial charge in [0.2, 0.25) is 0 Å². The van der Waals surface area contributed by atoms with Gasteiger partial charge in [-0.05, 0) is 38.3 Å². The first-order valence-electron chi connectivity index (χ1n) is 6.21. The predicted octanol–water partition coefficient (Wildman–Crippen LogP) is 1.02. The predicted molar refractivity (Wildman–Crippen MR) is 78.4 cm³/mol. The van der Waals surface area contributed by atoms with Gasteiger partial charge in [-0.2, -0.15) is 4.37 Å². The van der Waals surface area contributed by atoms with Crippen molar-refractivity contribution in [3.63, 3.8) is 0 Å². The van der Waals surface area contributed by atoms with E-state index < -0.39 is 9.84 Å². The van der Waals surface area contributed by atoms with Gasteiger partial charge in [-0.1, -0.05) is 0 Å². The van der Waals surface area contributed by atoms with Crippen LogP contribution in [0.1, 0.15) is 19.8 Å². The zero-order valence-electron chi connectivity index (χ0n) is 11.4. The van der Waals surface area contributed by atoms with Gasteiger partial charge >= 0.3 is 0 Å². The molecule has 1 atom stereocenters. The van der Waals surface area contributed by atoms with E-state index in [-0.39, 0.29) is 10.7 Å². The van der Waals surface area contributed by atoms with Crippen molar-refractivity contribution in [2.45, 2.75) is 36.7 Å². The number of rotatable bonds is 6. The number of nitrogens with zero attached hydrogens (tertiary/aromatic N) is 2. The van der Waals surface area contributed by atoms with E-state index in [1.807, 2.05) is 0 Å². The fourth-order valence-corrected chi connectivity index (χ4v) is 4.07. The average molecular weight is 304 g/mol. The van der Waals surface area contributed by atoms with Gasteiger partial charge in [0.25, 0.3) is 0 Å². The molecule has 3 N–H and O–H groups in total. The summed E-state index contributed by atoms with van der Waals surface area (Å²) in [5.41, 5.74) is 5.62. The molecule has 1 aromatic rings. The molecule has 19 heavy (non-hydrogen) atoms. The fraction of sp³-hybridized carbons (Fsp3) is 0.727. The highest BCUT2D eigenvalue weighted by molar-refractivity contribution is 7.91. The molecule has 0 bridgehead atoms. The summed E-state index contributed by atoms with van der Waals surface area (Å²) in [5, 5.41) is 3.70. The molecule has 0 aromatic carbocycles. The Morgan fingerprint density at radius 2 is 2.21 bits per heavy atom. The molecular formula is C11H20N4O2S2. The van der Waals surface area contributed by atoms with Gasteiger partial charge in [-0.3, -0.25) is 4.90 Å². The standard InChI is InChI=1S/C11H20N4O2S2/c1-7(15(2)8-4-5-8)6-13-11-9(19(3,16)17)10(12)14-18-11/h7-8,13H,4-6H2,1-3H3,(H2,12,14). The Kier molecular flexibility index (Phi) is 4.03. The van der Waals surface area contributed by atoms with Crippen LogP contribution in [0, 0.1) is 0 Å². The number of nitrogens with one attached hydrogen (secondary N) is 1. The lowest BCUT2D eigenvalue weighted by Gasteiger charge is -2.24. The third-order valence-electron chi connectivity index (χ3n) is 3.42. The van der Waals surface area contributed by atoms with E-state index in [1.54, 1.807) is 0 Å².